The smallest absolute Gasteiger partial charge is 0.365 e. The van der Waals surface area contributed by atoms with Crippen molar-refractivity contribution in [1.29, 1.82) is 0 Å². The molecule has 0 aliphatic heterocycles. The molecule has 0 fully saturated rings. The maximum absolute atomic E-state index is 13.7. The molecule has 0 bridgehead atoms. The molecule has 4 N–H and O–H groups in total. The minimum atomic E-state index is -4.69. The standard InChI is InChI=1S/C19H17F4N4O4P/c1-10-17(18(24)28)15(9-31-32(29)30)27(26-10)16-7-11(2-3-25-16)4-12-5-13(19(21,22)23)8-14(20)6-12/h2-3,5-8,29-30H,4,9H2,1H3,(H2,24,28). The number of alkyl halides is 3. The average Bonchev–Trinajstić information content (AvgIpc) is 3.02. The number of amides is 1. The molecule has 1 aromatic carbocycles. The first-order chi connectivity index (χ1) is 15.0. The molecule has 0 radical (unpaired) electrons. The second-order valence-corrected chi connectivity index (χ2v) is 7.52. The number of primary amides is 1. The summed E-state index contributed by atoms with van der Waals surface area (Å²) in [6.45, 7) is 1.10. The predicted octanol–water partition coefficient (Wildman–Crippen LogP) is 3.15. The van der Waals surface area contributed by atoms with Gasteiger partial charge in [-0.1, -0.05) is 0 Å². The van der Waals surface area contributed by atoms with Crippen LogP contribution in [-0.4, -0.2) is 30.5 Å². The topological polar surface area (TPSA) is 123 Å². The lowest BCUT2D eigenvalue weighted by Gasteiger charge is -2.11. The van der Waals surface area contributed by atoms with Gasteiger partial charge >= 0.3 is 14.8 Å². The van der Waals surface area contributed by atoms with Gasteiger partial charge in [-0.15, -0.1) is 0 Å². The first kappa shape index (κ1) is 23.7. The molecule has 3 aromatic rings. The zero-order valence-electron chi connectivity index (χ0n) is 16.5. The van der Waals surface area contributed by atoms with E-state index in [0.717, 1.165) is 12.1 Å². The molecule has 13 heteroatoms. The van der Waals surface area contributed by atoms with Crippen molar-refractivity contribution in [3.05, 3.63) is 76.0 Å². The van der Waals surface area contributed by atoms with E-state index in [1.165, 1.54) is 29.9 Å². The van der Waals surface area contributed by atoms with Gasteiger partial charge < -0.3 is 20.0 Å². The first-order valence-corrected chi connectivity index (χ1v) is 10.1. The molecule has 0 atom stereocenters. The first-order valence-electron chi connectivity index (χ1n) is 8.96. The van der Waals surface area contributed by atoms with Crippen LogP contribution in [0, 0.1) is 12.7 Å². The van der Waals surface area contributed by atoms with Gasteiger partial charge in [0.1, 0.15) is 5.82 Å². The molecule has 3 rings (SSSR count). The Bertz CT molecular complexity index is 1150. The van der Waals surface area contributed by atoms with Crippen LogP contribution in [0.3, 0.4) is 0 Å². The SMILES string of the molecule is Cc1nn(-c2cc(Cc3cc(F)cc(C(F)(F)F)c3)ccn2)c(COP(O)O)c1C(N)=O. The van der Waals surface area contributed by atoms with E-state index in [1.807, 2.05) is 0 Å². The van der Waals surface area contributed by atoms with E-state index in [4.69, 9.17) is 20.0 Å². The molecule has 1 amide bonds. The zero-order chi connectivity index (χ0) is 23.6. The number of nitrogens with two attached hydrogens (primary N) is 1. The van der Waals surface area contributed by atoms with Crippen LogP contribution in [0.15, 0.2) is 36.5 Å². The maximum Gasteiger partial charge on any atom is 0.416 e. The fraction of sp³-hybridized carbons (Fsp3) is 0.211. The monoisotopic (exact) mass is 472 g/mol. The van der Waals surface area contributed by atoms with Gasteiger partial charge in [0, 0.05) is 6.20 Å². The summed E-state index contributed by atoms with van der Waals surface area (Å²) in [5.41, 5.74) is 5.24. The lowest BCUT2D eigenvalue weighted by molar-refractivity contribution is -0.137. The van der Waals surface area contributed by atoms with Crippen molar-refractivity contribution in [2.75, 3.05) is 0 Å². The van der Waals surface area contributed by atoms with E-state index in [1.54, 1.807) is 0 Å². The van der Waals surface area contributed by atoms with Gasteiger partial charge in [-0.3, -0.25) is 4.79 Å². The summed E-state index contributed by atoms with van der Waals surface area (Å²) >= 11 is 0. The van der Waals surface area contributed by atoms with Crippen molar-refractivity contribution in [3.8, 4) is 5.82 Å². The quantitative estimate of drug-likeness (QED) is 0.359. The van der Waals surface area contributed by atoms with Crippen molar-refractivity contribution >= 4 is 14.5 Å². The summed E-state index contributed by atoms with van der Waals surface area (Å²) in [5.74, 6) is -1.66. The van der Waals surface area contributed by atoms with Gasteiger partial charge in [-0.05, 0) is 54.8 Å². The van der Waals surface area contributed by atoms with E-state index in [2.05, 4.69) is 10.1 Å². The third kappa shape index (κ3) is 5.46. The Morgan fingerprint density at radius 2 is 1.94 bits per heavy atom. The van der Waals surface area contributed by atoms with Crippen molar-refractivity contribution in [3.63, 3.8) is 0 Å². The lowest BCUT2D eigenvalue weighted by atomic mass is 10.0. The Labute approximate surface area is 180 Å². The lowest BCUT2D eigenvalue weighted by Crippen LogP contribution is -2.15. The summed E-state index contributed by atoms with van der Waals surface area (Å²) in [6, 6.07) is 5.30. The highest BCUT2D eigenvalue weighted by Gasteiger charge is 2.31. The van der Waals surface area contributed by atoms with Gasteiger partial charge in [0.2, 0.25) is 0 Å². The fourth-order valence-electron chi connectivity index (χ4n) is 3.18. The summed E-state index contributed by atoms with van der Waals surface area (Å²) < 4.78 is 58.7. The molecular weight excluding hydrogens is 455 g/mol. The van der Waals surface area contributed by atoms with Gasteiger partial charge in [0.15, 0.2) is 5.82 Å². The molecule has 0 aliphatic rings. The van der Waals surface area contributed by atoms with Gasteiger partial charge in [-0.25, -0.2) is 14.1 Å². The molecule has 2 aromatic heterocycles. The fourth-order valence-corrected chi connectivity index (χ4v) is 3.41. The maximum atomic E-state index is 13.7. The normalized spacial score (nSPS) is 11.9. The van der Waals surface area contributed by atoms with Crippen molar-refractivity contribution < 1.29 is 36.7 Å². The number of hydrogen-bond donors (Lipinski definition) is 3. The number of aryl methyl sites for hydroxylation is 1. The third-order valence-electron chi connectivity index (χ3n) is 4.44. The van der Waals surface area contributed by atoms with Crippen molar-refractivity contribution in [2.45, 2.75) is 26.1 Å². The molecule has 0 spiro atoms. The van der Waals surface area contributed by atoms with Crippen LogP contribution in [0.2, 0.25) is 0 Å². The minimum absolute atomic E-state index is 0.00834. The second kappa shape index (κ2) is 9.29. The molecule has 170 valence electrons. The van der Waals surface area contributed by atoms with E-state index >= 15 is 0 Å². The highest BCUT2D eigenvalue weighted by molar-refractivity contribution is 7.39. The van der Waals surface area contributed by atoms with Gasteiger partial charge in [0.05, 0.1) is 29.1 Å². The summed E-state index contributed by atoms with van der Waals surface area (Å²) in [5, 5.41) is 4.20. The number of carbonyl (C=O) groups excluding carboxylic acids is 1. The summed E-state index contributed by atoms with van der Waals surface area (Å²) in [4.78, 5) is 34.1. The number of rotatable bonds is 7. The Morgan fingerprint density at radius 3 is 2.56 bits per heavy atom. The van der Waals surface area contributed by atoms with Crippen LogP contribution in [0.5, 0.6) is 0 Å². The predicted molar refractivity (Wildman–Crippen MR) is 105 cm³/mol. The Kier molecular flexibility index (Phi) is 6.89. The number of aromatic nitrogens is 3. The molecule has 0 aliphatic carbocycles. The van der Waals surface area contributed by atoms with E-state index < -0.39 is 38.7 Å². The molecular formula is C19H17F4N4O4P. The molecule has 0 saturated carbocycles. The van der Waals surface area contributed by atoms with Gasteiger partial charge in [-0.2, -0.15) is 18.3 Å². The summed E-state index contributed by atoms with van der Waals surface area (Å²) in [7, 11) is -2.72. The molecule has 8 nitrogen and oxygen atoms in total. The molecule has 2 heterocycles. The highest BCUT2D eigenvalue weighted by Crippen LogP contribution is 2.31. The molecule has 32 heavy (non-hydrogen) atoms. The Balaban J connectivity index is 1.99. The third-order valence-corrected chi connectivity index (χ3v) is 4.80. The van der Waals surface area contributed by atoms with Crippen LogP contribution in [0.25, 0.3) is 5.82 Å². The van der Waals surface area contributed by atoms with Crippen LogP contribution in [0.4, 0.5) is 17.6 Å². The van der Waals surface area contributed by atoms with Crippen LogP contribution < -0.4 is 5.73 Å². The largest absolute Gasteiger partial charge is 0.416 e. The summed E-state index contributed by atoms with van der Waals surface area (Å²) in [6.07, 6.45) is -3.36. The Morgan fingerprint density at radius 1 is 1.22 bits per heavy atom. The second-order valence-electron chi connectivity index (χ2n) is 6.75. The Hall–Kier alpha value is -2.92. The van der Waals surface area contributed by atoms with Crippen LogP contribution in [0.1, 0.15) is 38.4 Å². The number of halogens is 4. The number of carbonyl (C=O) groups is 1. The average molecular weight is 472 g/mol. The molecule has 0 saturated heterocycles. The number of pyridine rings is 1. The van der Waals surface area contributed by atoms with Crippen LogP contribution in [-0.2, 0) is 23.7 Å². The van der Waals surface area contributed by atoms with Gasteiger partial charge in [0.25, 0.3) is 5.91 Å². The zero-order valence-corrected chi connectivity index (χ0v) is 17.4. The van der Waals surface area contributed by atoms with Crippen molar-refractivity contribution in [1.82, 2.24) is 14.8 Å². The van der Waals surface area contributed by atoms with Crippen molar-refractivity contribution in [2.24, 2.45) is 5.73 Å². The number of benzene rings is 1. The number of nitrogens with zero attached hydrogens (tertiary/aromatic N) is 3. The minimum Gasteiger partial charge on any atom is -0.365 e. The molecule has 0 unspecified atom stereocenters. The van der Waals surface area contributed by atoms with E-state index in [0.29, 0.717) is 11.6 Å². The highest BCUT2D eigenvalue weighted by atomic mass is 31.2. The van der Waals surface area contributed by atoms with E-state index in [-0.39, 0.29) is 34.8 Å². The van der Waals surface area contributed by atoms with Crippen LogP contribution >= 0.6 is 8.60 Å². The van der Waals surface area contributed by atoms with E-state index in [9.17, 15) is 22.4 Å². The number of hydrogen-bond acceptors (Lipinski definition) is 6.